The molecule has 0 aliphatic carbocycles. The summed E-state index contributed by atoms with van der Waals surface area (Å²) in [6.45, 7) is 7.34. The van der Waals surface area contributed by atoms with Gasteiger partial charge in [-0.25, -0.2) is 9.67 Å². The van der Waals surface area contributed by atoms with Crippen molar-refractivity contribution in [3.63, 3.8) is 0 Å². The summed E-state index contributed by atoms with van der Waals surface area (Å²) >= 11 is 0. The van der Waals surface area contributed by atoms with Crippen LogP contribution in [0.3, 0.4) is 0 Å². The molecule has 2 atom stereocenters. The Morgan fingerprint density at radius 2 is 2.10 bits per heavy atom. The molecule has 0 saturated heterocycles. The molecule has 9 heteroatoms. The van der Waals surface area contributed by atoms with Gasteiger partial charge in [0.25, 0.3) is 12.4 Å². The summed E-state index contributed by atoms with van der Waals surface area (Å²) in [4.78, 5) is 32.8. The molecule has 1 amide bonds. The number of aryl methyl sites for hydroxylation is 1. The Hall–Kier alpha value is -3.49. The molecule has 0 saturated carbocycles. The number of fused-ring (bicyclic) bond motifs is 1. The molecule has 4 heterocycles. The van der Waals surface area contributed by atoms with Crippen LogP contribution >= 0.6 is 0 Å². The third-order valence-corrected chi connectivity index (χ3v) is 5.83. The lowest BCUT2D eigenvalue weighted by molar-refractivity contribution is -0.122. The minimum atomic E-state index is -0.250. The number of hydrogen-bond donors (Lipinski definition) is 1. The molecule has 0 radical (unpaired) electrons. The molecule has 1 aliphatic rings. The Balaban J connectivity index is 0.000000858. The van der Waals surface area contributed by atoms with Crippen LogP contribution in [0, 0.1) is 12.8 Å². The molecular formula is C22H28N6O3. The number of carbonyl (C=O) groups is 2. The molecule has 31 heavy (non-hydrogen) atoms. The first-order chi connectivity index (χ1) is 14.9. The fourth-order valence-corrected chi connectivity index (χ4v) is 3.84. The summed E-state index contributed by atoms with van der Waals surface area (Å²) in [6, 6.07) is 5.66. The van der Waals surface area contributed by atoms with Crippen molar-refractivity contribution >= 4 is 12.4 Å². The van der Waals surface area contributed by atoms with E-state index in [9.17, 15) is 4.79 Å². The molecule has 0 spiro atoms. The zero-order valence-corrected chi connectivity index (χ0v) is 18.3. The molecule has 9 nitrogen and oxygen atoms in total. The number of carbonyl (C=O) groups excluding carboxylic acids is 1. The van der Waals surface area contributed by atoms with Gasteiger partial charge in [-0.05, 0) is 31.0 Å². The van der Waals surface area contributed by atoms with E-state index in [4.69, 9.17) is 20.0 Å². The van der Waals surface area contributed by atoms with Gasteiger partial charge in [0.2, 0.25) is 0 Å². The smallest absolute Gasteiger partial charge is 0.290 e. The molecule has 1 N–H and O–H groups in total. The second kappa shape index (κ2) is 9.55. The van der Waals surface area contributed by atoms with E-state index in [1.54, 1.807) is 12.4 Å². The van der Waals surface area contributed by atoms with Crippen LogP contribution in [0.1, 0.15) is 48.2 Å². The van der Waals surface area contributed by atoms with Crippen molar-refractivity contribution in [1.82, 2.24) is 29.2 Å². The van der Waals surface area contributed by atoms with Crippen LogP contribution in [-0.4, -0.2) is 53.2 Å². The first-order valence-electron chi connectivity index (χ1n) is 10.3. The van der Waals surface area contributed by atoms with Gasteiger partial charge < -0.3 is 14.6 Å². The molecule has 4 rings (SSSR count). The van der Waals surface area contributed by atoms with Crippen molar-refractivity contribution in [2.45, 2.75) is 39.8 Å². The van der Waals surface area contributed by atoms with Gasteiger partial charge in [0, 0.05) is 43.4 Å². The number of rotatable bonds is 4. The Bertz CT molecular complexity index is 1040. The lowest BCUT2D eigenvalue weighted by Gasteiger charge is -2.38. The van der Waals surface area contributed by atoms with Gasteiger partial charge in [0.1, 0.15) is 0 Å². The zero-order chi connectivity index (χ0) is 22.5. The van der Waals surface area contributed by atoms with E-state index in [1.165, 1.54) is 0 Å². The van der Waals surface area contributed by atoms with Crippen LogP contribution in [-0.2, 0) is 18.4 Å². The van der Waals surface area contributed by atoms with E-state index in [0.717, 1.165) is 29.1 Å². The molecule has 3 aromatic heterocycles. The average Bonchev–Trinajstić information content (AvgIpc) is 3.36. The second-order valence-corrected chi connectivity index (χ2v) is 7.62. The third-order valence-electron chi connectivity index (χ3n) is 5.83. The normalized spacial score (nSPS) is 16.1. The Morgan fingerprint density at radius 1 is 1.35 bits per heavy atom. The number of pyridine rings is 1. The van der Waals surface area contributed by atoms with Crippen LogP contribution < -0.4 is 0 Å². The first kappa shape index (κ1) is 22.2. The van der Waals surface area contributed by atoms with Crippen molar-refractivity contribution in [1.29, 1.82) is 0 Å². The molecule has 164 valence electrons. The Kier molecular flexibility index (Phi) is 6.84. The Labute approximate surface area is 181 Å². The third kappa shape index (κ3) is 4.35. The molecule has 0 fully saturated rings. The van der Waals surface area contributed by atoms with E-state index >= 15 is 0 Å². The molecule has 0 aromatic carbocycles. The van der Waals surface area contributed by atoms with Crippen molar-refractivity contribution in [2.75, 3.05) is 6.54 Å². The summed E-state index contributed by atoms with van der Waals surface area (Å²) in [5, 5.41) is 11.6. The topological polar surface area (TPSA) is 106 Å². The van der Waals surface area contributed by atoms with Gasteiger partial charge in [-0.15, -0.1) is 0 Å². The predicted octanol–water partition coefficient (Wildman–Crippen LogP) is 2.93. The van der Waals surface area contributed by atoms with Crippen LogP contribution in [0.4, 0.5) is 0 Å². The standard InChI is InChI=1S/C21H26N6O.CH2O2/c1-5-14(2)18-20-23-19(16-7-6-9-22-13-16)24-27(20)12-11-26(18)21(28)17-8-10-25(4)15(17)3;2-1-3/h6-10,13-14,18H,5,11-12H2,1-4H3;1H,(H,2,3)/t14-,18-;/m0./s1. The predicted molar refractivity (Wildman–Crippen MR) is 115 cm³/mol. The number of nitrogens with zero attached hydrogens (tertiary/aromatic N) is 6. The maximum absolute atomic E-state index is 13.4. The minimum Gasteiger partial charge on any atom is -0.483 e. The molecule has 0 bridgehead atoms. The van der Waals surface area contributed by atoms with Gasteiger partial charge in [0.05, 0.1) is 18.2 Å². The highest BCUT2D eigenvalue weighted by Crippen LogP contribution is 2.35. The minimum absolute atomic E-state index is 0.0700. The number of aromatic nitrogens is 5. The van der Waals surface area contributed by atoms with Gasteiger partial charge in [-0.1, -0.05) is 20.3 Å². The maximum Gasteiger partial charge on any atom is 0.290 e. The summed E-state index contributed by atoms with van der Waals surface area (Å²) < 4.78 is 3.94. The largest absolute Gasteiger partial charge is 0.483 e. The quantitative estimate of drug-likeness (QED) is 0.646. The molecule has 1 aliphatic heterocycles. The molecule has 3 aromatic rings. The molecule has 0 unspecified atom stereocenters. The van der Waals surface area contributed by atoms with Crippen molar-refractivity contribution in [2.24, 2.45) is 13.0 Å². The van der Waals surface area contributed by atoms with E-state index in [1.807, 2.05) is 52.5 Å². The second-order valence-electron chi connectivity index (χ2n) is 7.62. The van der Waals surface area contributed by atoms with Crippen molar-refractivity contribution < 1.29 is 14.7 Å². The summed E-state index contributed by atoms with van der Waals surface area (Å²) in [5.41, 5.74) is 2.64. The van der Waals surface area contributed by atoms with Crippen LogP contribution in [0.25, 0.3) is 11.4 Å². The maximum atomic E-state index is 13.4. The first-order valence-corrected chi connectivity index (χ1v) is 10.3. The Morgan fingerprint density at radius 3 is 2.68 bits per heavy atom. The van der Waals surface area contributed by atoms with E-state index in [0.29, 0.717) is 18.9 Å². The van der Waals surface area contributed by atoms with E-state index in [2.05, 4.69) is 18.8 Å². The van der Waals surface area contributed by atoms with Crippen molar-refractivity contribution in [3.8, 4) is 11.4 Å². The highest BCUT2D eigenvalue weighted by atomic mass is 16.3. The SMILES string of the molecule is CC[C@H](C)[C@H]1c2nc(-c3cccnc3)nn2CCN1C(=O)c1ccn(C)c1C.O=CO. The lowest BCUT2D eigenvalue weighted by Crippen LogP contribution is -2.45. The zero-order valence-electron chi connectivity index (χ0n) is 18.3. The van der Waals surface area contributed by atoms with Crippen LogP contribution in [0.5, 0.6) is 0 Å². The van der Waals surface area contributed by atoms with Crippen LogP contribution in [0.2, 0.25) is 0 Å². The lowest BCUT2D eigenvalue weighted by atomic mass is 9.94. The highest BCUT2D eigenvalue weighted by molar-refractivity contribution is 5.95. The summed E-state index contributed by atoms with van der Waals surface area (Å²) in [6.07, 6.45) is 6.41. The highest BCUT2D eigenvalue weighted by Gasteiger charge is 2.37. The monoisotopic (exact) mass is 424 g/mol. The van der Waals surface area contributed by atoms with Gasteiger partial charge in [-0.3, -0.25) is 14.6 Å². The van der Waals surface area contributed by atoms with Gasteiger partial charge in [0.15, 0.2) is 11.6 Å². The summed E-state index contributed by atoms with van der Waals surface area (Å²) in [5.74, 6) is 1.88. The van der Waals surface area contributed by atoms with Gasteiger partial charge >= 0.3 is 0 Å². The summed E-state index contributed by atoms with van der Waals surface area (Å²) in [7, 11) is 1.96. The van der Waals surface area contributed by atoms with E-state index in [-0.39, 0.29) is 24.3 Å². The van der Waals surface area contributed by atoms with Crippen molar-refractivity contribution in [3.05, 3.63) is 53.9 Å². The number of hydrogen-bond acceptors (Lipinski definition) is 5. The number of carboxylic acid groups (broad SMARTS) is 1. The van der Waals surface area contributed by atoms with E-state index < -0.39 is 0 Å². The number of amides is 1. The fraction of sp³-hybridized carbons (Fsp3) is 0.409. The molecular weight excluding hydrogens is 396 g/mol. The van der Waals surface area contributed by atoms with Crippen LogP contribution in [0.15, 0.2) is 36.8 Å². The fourth-order valence-electron chi connectivity index (χ4n) is 3.84. The van der Waals surface area contributed by atoms with Gasteiger partial charge in [-0.2, -0.15) is 5.10 Å². The average molecular weight is 425 g/mol.